The number of carbonyl (C=O) groups excluding carboxylic acids is 1. The highest BCUT2D eigenvalue weighted by atomic mass is 35.5. The van der Waals surface area contributed by atoms with Crippen molar-refractivity contribution in [2.45, 2.75) is 38.1 Å². The van der Waals surface area contributed by atoms with E-state index in [0.29, 0.717) is 18.1 Å². The number of halogens is 2. The Bertz CT molecular complexity index is 725. The number of hydrogen-bond acceptors (Lipinski definition) is 1. The normalized spacial score (nSPS) is 15.6. The Hall–Kier alpha value is -1.87. The number of likely N-dealkylation sites (N-methyl/N-ethyl adjacent to an activating group) is 1. The minimum Gasteiger partial charge on any atom is -0.338 e. The maximum Gasteiger partial charge on any atom is 0.233 e. The molecule has 1 saturated carbocycles. The molecule has 0 N–H and O–H groups in total. The number of hydrogen-bond donors (Lipinski definition) is 0. The third-order valence-electron chi connectivity index (χ3n) is 4.94. The van der Waals surface area contributed by atoms with Crippen LogP contribution in [0.1, 0.15) is 37.3 Å². The zero-order valence-corrected chi connectivity index (χ0v) is 14.5. The van der Waals surface area contributed by atoms with E-state index >= 15 is 0 Å². The number of rotatable bonds is 5. The predicted octanol–water partition coefficient (Wildman–Crippen LogP) is 4.95. The number of amides is 1. The average molecular weight is 346 g/mol. The van der Waals surface area contributed by atoms with Crippen molar-refractivity contribution >= 4 is 17.5 Å². The van der Waals surface area contributed by atoms with E-state index < -0.39 is 5.41 Å². The lowest BCUT2D eigenvalue weighted by molar-refractivity contribution is -0.141. The number of nitrogens with zero attached hydrogens (tertiary/aromatic N) is 1. The number of benzene rings is 2. The highest BCUT2D eigenvalue weighted by Crippen LogP contribution is 2.45. The molecule has 2 aromatic rings. The minimum absolute atomic E-state index is 0.128. The quantitative estimate of drug-likeness (QED) is 0.750. The Labute approximate surface area is 147 Å². The summed E-state index contributed by atoms with van der Waals surface area (Å²) in [4.78, 5) is 15.1. The Morgan fingerprint density at radius 1 is 1.21 bits per heavy atom. The van der Waals surface area contributed by atoms with Gasteiger partial charge >= 0.3 is 0 Å². The van der Waals surface area contributed by atoms with E-state index in [1.165, 1.54) is 12.1 Å². The highest BCUT2D eigenvalue weighted by molar-refractivity contribution is 6.30. The standard InChI is InChI=1S/C20H21ClFNO/c1-2-23(14-15-5-3-6-18(22)13-15)19(24)20(11-4-12-20)16-7-9-17(21)10-8-16/h3,5-10,13H,2,4,11-12,14H2,1H3. The summed E-state index contributed by atoms with van der Waals surface area (Å²) in [7, 11) is 0. The van der Waals surface area contributed by atoms with Crippen LogP contribution in [0.2, 0.25) is 5.02 Å². The van der Waals surface area contributed by atoms with Gasteiger partial charge in [0.1, 0.15) is 5.82 Å². The molecule has 0 atom stereocenters. The van der Waals surface area contributed by atoms with E-state index in [2.05, 4.69) is 0 Å². The zero-order valence-electron chi connectivity index (χ0n) is 13.8. The predicted molar refractivity (Wildman–Crippen MR) is 94.5 cm³/mol. The van der Waals surface area contributed by atoms with Crippen molar-refractivity contribution in [1.82, 2.24) is 4.90 Å². The SMILES string of the molecule is CCN(Cc1cccc(F)c1)C(=O)C1(c2ccc(Cl)cc2)CCC1. The van der Waals surface area contributed by atoms with Crippen molar-refractivity contribution in [3.8, 4) is 0 Å². The van der Waals surface area contributed by atoms with Gasteiger partial charge in [-0.15, -0.1) is 0 Å². The summed E-state index contributed by atoms with van der Waals surface area (Å²) in [6.45, 7) is 3.00. The molecule has 126 valence electrons. The Morgan fingerprint density at radius 2 is 1.92 bits per heavy atom. The third-order valence-corrected chi connectivity index (χ3v) is 5.20. The molecule has 0 radical (unpaired) electrons. The van der Waals surface area contributed by atoms with Gasteiger partial charge in [-0.1, -0.05) is 42.3 Å². The molecule has 0 unspecified atom stereocenters. The van der Waals surface area contributed by atoms with Gasteiger partial charge in [0.05, 0.1) is 5.41 Å². The Kier molecular flexibility index (Phi) is 4.91. The first-order valence-electron chi connectivity index (χ1n) is 8.35. The molecule has 1 fully saturated rings. The van der Waals surface area contributed by atoms with Gasteiger partial charge in [0, 0.05) is 18.1 Å². The van der Waals surface area contributed by atoms with E-state index in [9.17, 15) is 9.18 Å². The zero-order chi connectivity index (χ0) is 17.2. The first kappa shape index (κ1) is 17.0. The summed E-state index contributed by atoms with van der Waals surface area (Å²) < 4.78 is 13.4. The van der Waals surface area contributed by atoms with Crippen LogP contribution in [0, 0.1) is 5.82 Å². The number of carbonyl (C=O) groups is 1. The molecular weight excluding hydrogens is 325 g/mol. The van der Waals surface area contributed by atoms with Crippen molar-refractivity contribution in [2.24, 2.45) is 0 Å². The second kappa shape index (κ2) is 6.94. The molecule has 2 aromatic carbocycles. The van der Waals surface area contributed by atoms with E-state index in [4.69, 9.17) is 11.6 Å². The van der Waals surface area contributed by atoms with Crippen LogP contribution in [0.5, 0.6) is 0 Å². The van der Waals surface area contributed by atoms with Crippen LogP contribution in [0.15, 0.2) is 48.5 Å². The van der Waals surface area contributed by atoms with Gasteiger partial charge in [-0.25, -0.2) is 4.39 Å². The fourth-order valence-electron chi connectivity index (χ4n) is 3.41. The monoisotopic (exact) mass is 345 g/mol. The van der Waals surface area contributed by atoms with Crippen molar-refractivity contribution in [1.29, 1.82) is 0 Å². The largest absolute Gasteiger partial charge is 0.338 e. The molecule has 1 amide bonds. The van der Waals surface area contributed by atoms with Crippen molar-refractivity contribution in [2.75, 3.05) is 6.54 Å². The lowest BCUT2D eigenvalue weighted by Gasteiger charge is -2.44. The molecule has 4 heteroatoms. The van der Waals surface area contributed by atoms with E-state index in [-0.39, 0.29) is 11.7 Å². The van der Waals surface area contributed by atoms with E-state index in [1.807, 2.05) is 42.2 Å². The van der Waals surface area contributed by atoms with Crippen LogP contribution in [-0.2, 0) is 16.8 Å². The molecule has 24 heavy (non-hydrogen) atoms. The molecule has 3 rings (SSSR count). The van der Waals surface area contributed by atoms with Gasteiger partial charge in [0.2, 0.25) is 5.91 Å². The first-order valence-corrected chi connectivity index (χ1v) is 8.73. The van der Waals surface area contributed by atoms with Gasteiger partial charge in [-0.05, 0) is 55.2 Å². The Morgan fingerprint density at radius 3 is 2.46 bits per heavy atom. The molecular formula is C20H21ClFNO. The second-order valence-electron chi connectivity index (χ2n) is 6.39. The molecule has 0 bridgehead atoms. The summed E-state index contributed by atoms with van der Waals surface area (Å²) in [6, 6.07) is 14.0. The third kappa shape index (κ3) is 3.18. The van der Waals surface area contributed by atoms with Crippen molar-refractivity contribution < 1.29 is 9.18 Å². The molecule has 0 saturated heterocycles. The van der Waals surface area contributed by atoms with Gasteiger partial charge in [0.25, 0.3) is 0 Å². The molecule has 0 spiro atoms. The van der Waals surface area contributed by atoms with Crippen LogP contribution in [0.3, 0.4) is 0 Å². The molecule has 0 aliphatic heterocycles. The van der Waals surface area contributed by atoms with Crippen LogP contribution >= 0.6 is 11.6 Å². The molecule has 0 heterocycles. The summed E-state index contributed by atoms with van der Waals surface area (Å²) >= 11 is 5.98. The lowest BCUT2D eigenvalue weighted by atomic mass is 9.63. The fourth-order valence-corrected chi connectivity index (χ4v) is 3.54. The van der Waals surface area contributed by atoms with Gasteiger partial charge in [-0.3, -0.25) is 4.79 Å². The van der Waals surface area contributed by atoms with Crippen LogP contribution < -0.4 is 0 Å². The summed E-state index contributed by atoms with van der Waals surface area (Å²) in [5.41, 5.74) is 1.39. The van der Waals surface area contributed by atoms with Crippen LogP contribution in [-0.4, -0.2) is 17.4 Å². The molecule has 0 aromatic heterocycles. The maximum absolute atomic E-state index is 13.4. The van der Waals surface area contributed by atoms with Gasteiger partial charge < -0.3 is 4.90 Å². The van der Waals surface area contributed by atoms with Gasteiger partial charge in [0.15, 0.2) is 0 Å². The summed E-state index contributed by atoms with van der Waals surface area (Å²) in [6.07, 6.45) is 2.76. The highest BCUT2D eigenvalue weighted by Gasteiger charge is 2.47. The average Bonchev–Trinajstić information content (AvgIpc) is 2.53. The summed E-state index contributed by atoms with van der Waals surface area (Å²) in [5, 5.41) is 0.674. The molecule has 1 aliphatic rings. The smallest absolute Gasteiger partial charge is 0.233 e. The lowest BCUT2D eigenvalue weighted by Crippen LogP contribution is -2.50. The fraction of sp³-hybridized carbons (Fsp3) is 0.350. The maximum atomic E-state index is 13.4. The van der Waals surface area contributed by atoms with E-state index in [1.54, 1.807) is 6.07 Å². The van der Waals surface area contributed by atoms with Crippen LogP contribution in [0.4, 0.5) is 4.39 Å². The van der Waals surface area contributed by atoms with Gasteiger partial charge in [-0.2, -0.15) is 0 Å². The minimum atomic E-state index is -0.450. The van der Waals surface area contributed by atoms with Crippen molar-refractivity contribution in [3.05, 3.63) is 70.5 Å². The topological polar surface area (TPSA) is 20.3 Å². The van der Waals surface area contributed by atoms with Crippen LogP contribution in [0.25, 0.3) is 0 Å². The Balaban J connectivity index is 1.85. The molecule has 1 aliphatic carbocycles. The second-order valence-corrected chi connectivity index (χ2v) is 6.83. The molecule has 2 nitrogen and oxygen atoms in total. The first-order chi connectivity index (χ1) is 11.5. The summed E-state index contributed by atoms with van der Waals surface area (Å²) in [5.74, 6) is -0.144. The van der Waals surface area contributed by atoms with Crippen molar-refractivity contribution in [3.63, 3.8) is 0 Å². The van der Waals surface area contributed by atoms with E-state index in [0.717, 1.165) is 30.4 Å².